The minimum absolute atomic E-state index is 0.550. The number of thiazole rings is 1. The minimum Gasteiger partial charge on any atom is -0.349 e. The van der Waals surface area contributed by atoms with E-state index in [9.17, 15) is 0 Å². The Labute approximate surface area is 191 Å². The van der Waals surface area contributed by atoms with Gasteiger partial charge in [0.15, 0.2) is 15.1 Å². The molecule has 5 nitrogen and oxygen atoms in total. The summed E-state index contributed by atoms with van der Waals surface area (Å²) < 4.78 is 4.47. The molecular weight excluding hydrogens is 422 g/mol. The first-order valence-corrected chi connectivity index (χ1v) is 12.4. The summed E-state index contributed by atoms with van der Waals surface area (Å²) >= 11 is 2.97. The Balaban J connectivity index is 1.73. The molecule has 0 spiro atoms. The van der Waals surface area contributed by atoms with Gasteiger partial charge in [0.1, 0.15) is 5.69 Å². The minimum atomic E-state index is 0.550. The third kappa shape index (κ3) is 4.52. The Kier molecular flexibility index (Phi) is 6.73. The third-order valence-corrected chi connectivity index (χ3v) is 7.36. The van der Waals surface area contributed by atoms with Crippen molar-refractivity contribution in [2.45, 2.75) is 40.0 Å². The molecule has 7 heteroatoms. The van der Waals surface area contributed by atoms with Gasteiger partial charge in [0.25, 0.3) is 0 Å². The monoisotopic (exact) mass is 449 g/mol. The highest BCUT2D eigenvalue weighted by Crippen LogP contribution is 2.41. The Bertz CT molecular complexity index is 1170. The molecule has 31 heavy (non-hydrogen) atoms. The van der Waals surface area contributed by atoms with Gasteiger partial charge in [-0.25, -0.2) is 4.98 Å². The van der Waals surface area contributed by atoms with E-state index in [-0.39, 0.29) is 0 Å². The Hall–Kier alpha value is -2.64. The maximum atomic E-state index is 4.96. The second kappa shape index (κ2) is 9.66. The lowest BCUT2D eigenvalue weighted by molar-refractivity contribution is 0.734. The Morgan fingerprint density at radius 2 is 1.65 bits per heavy atom. The fourth-order valence-electron chi connectivity index (χ4n) is 3.43. The number of hydrogen-bond donors (Lipinski definition) is 0. The predicted molar refractivity (Wildman–Crippen MR) is 134 cm³/mol. The van der Waals surface area contributed by atoms with E-state index in [0.29, 0.717) is 5.92 Å². The molecule has 0 aliphatic rings. The van der Waals surface area contributed by atoms with E-state index >= 15 is 0 Å². The summed E-state index contributed by atoms with van der Waals surface area (Å²) in [6, 6.07) is 16.8. The van der Waals surface area contributed by atoms with E-state index in [2.05, 4.69) is 71.5 Å². The van der Waals surface area contributed by atoms with Gasteiger partial charge in [-0.05, 0) is 55.4 Å². The Morgan fingerprint density at radius 3 is 2.35 bits per heavy atom. The van der Waals surface area contributed by atoms with Gasteiger partial charge < -0.3 is 4.90 Å². The van der Waals surface area contributed by atoms with Crippen molar-refractivity contribution >= 4 is 48.9 Å². The summed E-state index contributed by atoms with van der Waals surface area (Å²) in [6.45, 7) is 10.6. The number of hydrogen-bond acceptors (Lipinski definition) is 7. The molecule has 0 N–H and O–H groups in total. The van der Waals surface area contributed by atoms with Gasteiger partial charge in [0.2, 0.25) is 0 Å². The number of benzene rings is 2. The van der Waals surface area contributed by atoms with Gasteiger partial charge in [-0.15, -0.1) is 10.2 Å². The number of nitrogens with zero attached hydrogens (tertiary/aromatic N) is 5. The number of anilines is 1. The molecule has 0 amide bonds. The molecule has 1 unspecified atom stereocenters. The molecule has 0 aliphatic heterocycles. The molecule has 2 aromatic carbocycles. The molecule has 4 rings (SSSR count). The smallest absolute Gasteiger partial charge is 0.188 e. The van der Waals surface area contributed by atoms with Gasteiger partial charge in [-0.3, -0.25) is 0 Å². The lowest BCUT2D eigenvalue weighted by atomic mass is 9.97. The van der Waals surface area contributed by atoms with Crippen LogP contribution in [-0.4, -0.2) is 22.4 Å². The molecule has 0 aliphatic carbocycles. The summed E-state index contributed by atoms with van der Waals surface area (Å²) in [5, 5.41) is 12.9. The molecule has 2 aromatic heterocycles. The maximum Gasteiger partial charge on any atom is 0.188 e. The zero-order valence-corrected chi connectivity index (χ0v) is 20.0. The number of rotatable bonds is 8. The van der Waals surface area contributed by atoms with E-state index in [1.807, 2.05) is 24.3 Å². The highest BCUT2D eigenvalue weighted by atomic mass is 32.1. The number of fused-ring (bicyclic) bond motifs is 1. The lowest BCUT2D eigenvalue weighted by Gasteiger charge is -2.16. The molecule has 0 bridgehead atoms. The van der Waals surface area contributed by atoms with Crippen LogP contribution in [0.15, 0.2) is 58.8 Å². The highest BCUT2D eigenvalue weighted by molar-refractivity contribution is 7.19. The molecule has 1 atom stereocenters. The van der Waals surface area contributed by atoms with Crippen LogP contribution in [0.1, 0.15) is 45.6 Å². The number of azo groups is 1. The summed E-state index contributed by atoms with van der Waals surface area (Å²) in [7, 11) is 0. The topological polar surface area (TPSA) is 53.7 Å². The van der Waals surface area contributed by atoms with Crippen LogP contribution in [0.5, 0.6) is 0 Å². The molecule has 0 fully saturated rings. The van der Waals surface area contributed by atoms with E-state index in [1.165, 1.54) is 17.1 Å². The van der Waals surface area contributed by atoms with E-state index < -0.39 is 0 Å². The summed E-state index contributed by atoms with van der Waals surface area (Å²) in [5.41, 5.74) is 4.27. The van der Waals surface area contributed by atoms with Crippen molar-refractivity contribution in [3.05, 3.63) is 54.1 Å². The SMILES string of the molecule is CCC(C)c1ccc(-c2nc(N(CC)CC)sc2/N=N/c2snc3ccccc23)cc1. The summed E-state index contributed by atoms with van der Waals surface area (Å²) in [6.07, 6.45) is 1.13. The molecule has 160 valence electrons. The lowest BCUT2D eigenvalue weighted by Crippen LogP contribution is -2.21. The van der Waals surface area contributed by atoms with E-state index in [0.717, 1.165) is 56.8 Å². The highest BCUT2D eigenvalue weighted by Gasteiger charge is 2.17. The predicted octanol–water partition coefficient (Wildman–Crippen LogP) is 8.19. The van der Waals surface area contributed by atoms with Crippen molar-refractivity contribution in [2.75, 3.05) is 18.0 Å². The number of aromatic nitrogens is 2. The third-order valence-electron chi connectivity index (χ3n) is 5.59. The van der Waals surface area contributed by atoms with Crippen LogP contribution in [0.3, 0.4) is 0 Å². The average Bonchev–Trinajstić information content (AvgIpc) is 3.42. The van der Waals surface area contributed by atoms with E-state index in [4.69, 9.17) is 4.98 Å². The van der Waals surface area contributed by atoms with Crippen LogP contribution in [-0.2, 0) is 0 Å². The standard InChI is InChI=1S/C24H27N5S2/c1-5-16(4)17-12-14-18(15-13-17)21-23(30-24(25-21)29(6-2)7-3)27-26-22-19-10-8-9-11-20(19)28-31-22/h8-16H,5-7H2,1-4H3/b27-26+. The van der Waals surface area contributed by atoms with Crippen LogP contribution < -0.4 is 4.90 Å². The molecule has 0 saturated carbocycles. The van der Waals surface area contributed by atoms with Crippen molar-refractivity contribution < 1.29 is 0 Å². The molecule has 0 radical (unpaired) electrons. The zero-order chi connectivity index (χ0) is 21.8. The summed E-state index contributed by atoms with van der Waals surface area (Å²) in [5.74, 6) is 0.550. The van der Waals surface area contributed by atoms with Gasteiger partial charge in [0, 0.05) is 24.0 Å². The largest absolute Gasteiger partial charge is 0.349 e. The zero-order valence-electron chi connectivity index (χ0n) is 18.4. The second-order valence-electron chi connectivity index (χ2n) is 7.46. The van der Waals surface area contributed by atoms with Crippen LogP contribution in [0, 0.1) is 0 Å². The van der Waals surface area contributed by atoms with Crippen molar-refractivity contribution in [1.29, 1.82) is 0 Å². The molecule has 4 aromatic rings. The van der Waals surface area contributed by atoms with Crippen LogP contribution in [0.25, 0.3) is 22.2 Å². The fraction of sp³-hybridized carbons (Fsp3) is 0.333. The maximum absolute atomic E-state index is 4.96. The summed E-state index contributed by atoms with van der Waals surface area (Å²) in [4.78, 5) is 7.21. The van der Waals surface area contributed by atoms with Crippen LogP contribution in [0.4, 0.5) is 15.1 Å². The average molecular weight is 450 g/mol. The first-order valence-electron chi connectivity index (χ1n) is 10.8. The van der Waals surface area contributed by atoms with Crippen molar-refractivity contribution in [2.24, 2.45) is 10.2 Å². The van der Waals surface area contributed by atoms with Crippen molar-refractivity contribution in [1.82, 2.24) is 9.36 Å². The van der Waals surface area contributed by atoms with Gasteiger partial charge in [-0.1, -0.05) is 61.6 Å². The molecule has 2 heterocycles. The van der Waals surface area contributed by atoms with Gasteiger partial charge in [-0.2, -0.15) is 4.37 Å². The van der Waals surface area contributed by atoms with Crippen molar-refractivity contribution in [3.8, 4) is 11.3 Å². The normalized spacial score (nSPS) is 12.6. The first-order chi connectivity index (χ1) is 15.1. The van der Waals surface area contributed by atoms with Gasteiger partial charge >= 0.3 is 0 Å². The van der Waals surface area contributed by atoms with Crippen molar-refractivity contribution in [3.63, 3.8) is 0 Å². The Morgan fingerprint density at radius 1 is 0.935 bits per heavy atom. The van der Waals surface area contributed by atoms with Crippen LogP contribution in [0.2, 0.25) is 0 Å². The van der Waals surface area contributed by atoms with E-state index in [1.54, 1.807) is 11.3 Å². The molecule has 0 saturated heterocycles. The van der Waals surface area contributed by atoms with Crippen LogP contribution >= 0.6 is 22.9 Å². The first kappa shape index (κ1) is 21.6. The second-order valence-corrected chi connectivity index (χ2v) is 9.17. The fourth-order valence-corrected chi connectivity index (χ4v) is 5.16. The molecular formula is C24H27N5S2. The quantitative estimate of drug-likeness (QED) is 0.255. The van der Waals surface area contributed by atoms with Gasteiger partial charge in [0.05, 0.1) is 5.52 Å².